The number of anilines is 1. The summed E-state index contributed by atoms with van der Waals surface area (Å²) in [5.74, 6) is -0.151. The average Bonchev–Trinajstić information content (AvgIpc) is 2.34. The fraction of sp³-hybridized carbons (Fsp3) is 0.143. The van der Waals surface area contributed by atoms with E-state index in [2.05, 4.69) is 5.32 Å². The van der Waals surface area contributed by atoms with Crippen LogP contribution in [0.3, 0.4) is 0 Å². The fourth-order valence-electron chi connectivity index (χ4n) is 0.860. The van der Waals surface area contributed by atoms with Gasteiger partial charge in [0.25, 0.3) is 0 Å². The second-order valence-corrected chi connectivity index (χ2v) is 3.75. The molecule has 4 N–H and O–H groups in total. The number of rotatable bonds is 3. The van der Waals surface area contributed by atoms with Crippen molar-refractivity contribution in [3.8, 4) is 0 Å². The van der Waals surface area contributed by atoms with Crippen LogP contribution in [0.5, 0.6) is 0 Å². The molecule has 1 aromatic rings. The Labute approximate surface area is 84.2 Å². The molecule has 0 fully saturated rings. The third-order valence-corrected chi connectivity index (χ3v) is 2.37. The zero-order valence-electron chi connectivity index (χ0n) is 6.63. The highest BCUT2D eigenvalue weighted by Gasteiger charge is 2.07. The summed E-state index contributed by atoms with van der Waals surface area (Å²) in [6.07, 6.45) is 0.162. The molecule has 0 saturated heterocycles. The molecule has 4 nitrogen and oxygen atoms in total. The number of nitrogens with one attached hydrogen (secondary N) is 2. The minimum absolute atomic E-state index is 0.151. The second-order valence-electron chi connectivity index (χ2n) is 2.33. The van der Waals surface area contributed by atoms with Crippen LogP contribution in [0.15, 0.2) is 11.4 Å². The second kappa shape index (κ2) is 4.25. The number of guanidine groups is 1. The lowest BCUT2D eigenvalue weighted by atomic mass is 10.3. The summed E-state index contributed by atoms with van der Waals surface area (Å²) < 4.78 is 0. The molecule has 0 bridgehead atoms. The summed E-state index contributed by atoms with van der Waals surface area (Å²) in [6.45, 7) is 0. The molecule has 0 unspecified atom stereocenters. The molecule has 0 aromatic carbocycles. The van der Waals surface area contributed by atoms with Crippen molar-refractivity contribution >= 4 is 39.8 Å². The summed E-state index contributed by atoms with van der Waals surface area (Å²) in [7, 11) is 0. The third kappa shape index (κ3) is 3.04. The molecule has 6 heteroatoms. The molecule has 0 saturated carbocycles. The molecule has 1 rings (SSSR count). The number of hydrogen-bond donors (Lipinski definition) is 3. The van der Waals surface area contributed by atoms with Gasteiger partial charge < -0.3 is 11.1 Å². The standard InChI is InChI=1S/C7H8ClN3OS/c8-6(12)3-5-4(1-2-13-5)11-7(9)10/h1-2H,3H2,(H4,9,10,11). The SMILES string of the molecule is N=C(N)Nc1ccsc1CC(=O)Cl. The van der Waals surface area contributed by atoms with E-state index in [9.17, 15) is 4.79 Å². The minimum Gasteiger partial charge on any atom is -0.370 e. The highest BCUT2D eigenvalue weighted by Crippen LogP contribution is 2.23. The Balaban J connectivity index is 2.76. The van der Waals surface area contributed by atoms with Gasteiger partial charge in [0, 0.05) is 4.88 Å². The number of hydrogen-bond acceptors (Lipinski definition) is 3. The Hall–Kier alpha value is -1.07. The van der Waals surface area contributed by atoms with Gasteiger partial charge in [0.15, 0.2) is 5.96 Å². The minimum atomic E-state index is -0.422. The van der Waals surface area contributed by atoms with Crippen molar-refractivity contribution in [3.05, 3.63) is 16.3 Å². The van der Waals surface area contributed by atoms with Crippen LogP contribution < -0.4 is 11.1 Å². The lowest BCUT2D eigenvalue weighted by Gasteiger charge is -2.02. The lowest BCUT2D eigenvalue weighted by molar-refractivity contribution is -0.111. The van der Waals surface area contributed by atoms with Crippen LogP contribution in [0.4, 0.5) is 5.69 Å². The van der Waals surface area contributed by atoms with Crippen LogP contribution >= 0.6 is 22.9 Å². The first-order valence-electron chi connectivity index (χ1n) is 3.45. The fourth-order valence-corrected chi connectivity index (χ4v) is 1.90. The molecule has 1 heterocycles. The van der Waals surface area contributed by atoms with Gasteiger partial charge >= 0.3 is 0 Å². The largest absolute Gasteiger partial charge is 0.370 e. The van der Waals surface area contributed by atoms with E-state index >= 15 is 0 Å². The Morgan fingerprint density at radius 1 is 1.77 bits per heavy atom. The summed E-state index contributed by atoms with van der Waals surface area (Å²) >= 11 is 6.63. The third-order valence-electron chi connectivity index (χ3n) is 1.31. The van der Waals surface area contributed by atoms with Crippen molar-refractivity contribution in [2.75, 3.05) is 5.32 Å². The van der Waals surface area contributed by atoms with E-state index in [4.69, 9.17) is 22.7 Å². The van der Waals surface area contributed by atoms with Crippen molar-refractivity contribution in [2.24, 2.45) is 5.73 Å². The maximum absolute atomic E-state index is 10.6. The molecular formula is C7H8ClN3OS. The monoisotopic (exact) mass is 217 g/mol. The number of nitrogens with two attached hydrogens (primary N) is 1. The van der Waals surface area contributed by atoms with E-state index < -0.39 is 5.24 Å². The summed E-state index contributed by atoms with van der Waals surface area (Å²) in [4.78, 5) is 11.4. The molecule has 1 aromatic heterocycles. The van der Waals surface area contributed by atoms with Gasteiger partial charge in [-0.15, -0.1) is 11.3 Å². The Bertz CT molecular complexity index is 306. The molecule has 0 amide bonds. The number of carbonyl (C=O) groups is 1. The zero-order valence-corrected chi connectivity index (χ0v) is 8.21. The van der Waals surface area contributed by atoms with Gasteiger partial charge in [-0.3, -0.25) is 10.2 Å². The summed E-state index contributed by atoms with van der Waals surface area (Å²) in [5.41, 5.74) is 5.81. The molecule has 0 spiro atoms. The molecule has 0 aliphatic heterocycles. The maximum Gasteiger partial charge on any atom is 0.226 e. The van der Waals surface area contributed by atoms with Crippen molar-refractivity contribution in [3.63, 3.8) is 0 Å². The van der Waals surface area contributed by atoms with E-state index in [0.717, 1.165) is 4.88 Å². The molecular weight excluding hydrogens is 210 g/mol. The topological polar surface area (TPSA) is 79.0 Å². The first-order valence-corrected chi connectivity index (χ1v) is 4.71. The first-order chi connectivity index (χ1) is 6.09. The van der Waals surface area contributed by atoms with E-state index in [1.54, 1.807) is 11.4 Å². The normalized spacial score (nSPS) is 9.62. The van der Waals surface area contributed by atoms with E-state index in [1.807, 2.05) is 0 Å². The smallest absolute Gasteiger partial charge is 0.226 e. The van der Waals surface area contributed by atoms with Gasteiger partial charge in [-0.2, -0.15) is 0 Å². The first kappa shape index (κ1) is 10.0. The van der Waals surface area contributed by atoms with E-state index in [-0.39, 0.29) is 12.4 Å². The predicted molar refractivity (Wildman–Crippen MR) is 54.4 cm³/mol. The van der Waals surface area contributed by atoms with Crippen LogP contribution in [0.1, 0.15) is 4.88 Å². The van der Waals surface area contributed by atoms with Gasteiger partial charge in [0.2, 0.25) is 5.24 Å². The van der Waals surface area contributed by atoms with E-state index in [1.165, 1.54) is 11.3 Å². The zero-order chi connectivity index (χ0) is 9.84. The quantitative estimate of drug-likeness (QED) is 0.406. The van der Waals surface area contributed by atoms with Crippen molar-refractivity contribution in [1.29, 1.82) is 5.41 Å². The number of thiophene rings is 1. The Morgan fingerprint density at radius 3 is 3.00 bits per heavy atom. The summed E-state index contributed by atoms with van der Waals surface area (Å²) in [6, 6.07) is 1.75. The molecule has 13 heavy (non-hydrogen) atoms. The Morgan fingerprint density at radius 2 is 2.46 bits per heavy atom. The molecule has 0 aliphatic rings. The number of halogens is 1. The Kier molecular flexibility index (Phi) is 3.27. The maximum atomic E-state index is 10.6. The average molecular weight is 218 g/mol. The molecule has 0 aliphatic carbocycles. The van der Waals surface area contributed by atoms with Crippen LogP contribution in [0.25, 0.3) is 0 Å². The predicted octanol–water partition coefficient (Wildman–Crippen LogP) is 1.36. The van der Waals surface area contributed by atoms with Gasteiger partial charge in [-0.1, -0.05) is 0 Å². The highest BCUT2D eigenvalue weighted by molar-refractivity contribution is 7.10. The lowest BCUT2D eigenvalue weighted by Crippen LogP contribution is -2.20. The van der Waals surface area contributed by atoms with Crippen molar-refractivity contribution in [1.82, 2.24) is 0 Å². The van der Waals surface area contributed by atoms with Crippen molar-refractivity contribution in [2.45, 2.75) is 6.42 Å². The van der Waals surface area contributed by atoms with E-state index in [0.29, 0.717) is 5.69 Å². The van der Waals surface area contributed by atoms with Crippen LogP contribution in [-0.2, 0) is 11.2 Å². The molecule has 70 valence electrons. The van der Waals surface area contributed by atoms with Crippen LogP contribution in [0.2, 0.25) is 0 Å². The molecule has 0 atom stereocenters. The van der Waals surface area contributed by atoms with Gasteiger partial charge in [-0.05, 0) is 23.0 Å². The highest BCUT2D eigenvalue weighted by atomic mass is 35.5. The van der Waals surface area contributed by atoms with Crippen LogP contribution in [-0.4, -0.2) is 11.2 Å². The van der Waals surface area contributed by atoms with Gasteiger partial charge in [-0.25, -0.2) is 0 Å². The van der Waals surface area contributed by atoms with Gasteiger partial charge in [0.05, 0.1) is 12.1 Å². The number of carbonyl (C=O) groups excluding carboxylic acids is 1. The molecule has 0 radical (unpaired) electrons. The van der Waals surface area contributed by atoms with Crippen molar-refractivity contribution < 1.29 is 4.79 Å². The summed E-state index contributed by atoms with van der Waals surface area (Å²) in [5, 5.41) is 11.0. The van der Waals surface area contributed by atoms with Gasteiger partial charge in [0.1, 0.15) is 0 Å². The van der Waals surface area contributed by atoms with Crippen LogP contribution in [0, 0.1) is 5.41 Å².